The van der Waals surface area contributed by atoms with Gasteiger partial charge in [0.2, 0.25) is 10.0 Å². The summed E-state index contributed by atoms with van der Waals surface area (Å²) in [5, 5.41) is 10.1. The average molecular weight is 410 g/mol. The maximum atomic E-state index is 12.9. The van der Waals surface area contributed by atoms with Gasteiger partial charge >= 0.3 is 5.97 Å². The van der Waals surface area contributed by atoms with Gasteiger partial charge in [0.05, 0.1) is 21.7 Å². The van der Waals surface area contributed by atoms with E-state index in [1.54, 1.807) is 6.07 Å². The first-order chi connectivity index (χ1) is 13.8. The van der Waals surface area contributed by atoms with E-state index >= 15 is 0 Å². The van der Waals surface area contributed by atoms with Crippen LogP contribution in [0.2, 0.25) is 0 Å². The van der Waals surface area contributed by atoms with Gasteiger partial charge in [-0.05, 0) is 68.1 Å². The number of aryl methyl sites for hydroxylation is 2. The van der Waals surface area contributed by atoms with E-state index in [1.807, 2.05) is 32.0 Å². The molecule has 0 unspecified atom stereocenters. The Morgan fingerprint density at radius 2 is 1.72 bits per heavy atom. The van der Waals surface area contributed by atoms with Gasteiger partial charge in [-0.15, -0.1) is 0 Å². The lowest BCUT2D eigenvalue weighted by Gasteiger charge is -2.16. The molecule has 4 rings (SSSR count). The molecule has 1 saturated heterocycles. The number of aromatic carboxylic acids is 1. The molecule has 0 spiro atoms. The van der Waals surface area contributed by atoms with Crippen molar-refractivity contribution < 1.29 is 18.3 Å². The Kier molecular flexibility index (Phi) is 4.88. The quantitative estimate of drug-likeness (QED) is 0.702. The summed E-state index contributed by atoms with van der Waals surface area (Å²) < 4.78 is 27.2. The molecule has 1 aliphatic rings. The molecule has 0 bridgehead atoms. The third-order valence-corrected chi connectivity index (χ3v) is 7.41. The second-order valence-electron chi connectivity index (χ2n) is 7.45. The lowest BCUT2D eigenvalue weighted by Crippen LogP contribution is -2.27. The van der Waals surface area contributed by atoms with Gasteiger partial charge in [0.1, 0.15) is 0 Å². The number of benzene rings is 2. The lowest BCUT2D eigenvalue weighted by molar-refractivity contribution is 0.0699. The van der Waals surface area contributed by atoms with Crippen molar-refractivity contribution in [2.24, 2.45) is 0 Å². The van der Waals surface area contributed by atoms with Crippen LogP contribution >= 0.6 is 0 Å². The lowest BCUT2D eigenvalue weighted by atomic mass is 10.0. The Bertz CT molecular complexity index is 1230. The molecule has 0 radical (unpaired) electrons. The van der Waals surface area contributed by atoms with Crippen molar-refractivity contribution >= 4 is 26.9 Å². The summed E-state index contributed by atoms with van der Waals surface area (Å²) in [6, 6.07) is 11.9. The van der Waals surface area contributed by atoms with E-state index < -0.39 is 16.0 Å². The minimum Gasteiger partial charge on any atom is -0.478 e. The molecule has 1 N–H and O–H groups in total. The zero-order valence-corrected chi connectivity index (χ0v) is 17.2. The minimum absolute atomic E-state index is 0.0432. The summed E-state index contributed by atoms with van der Waals surface area (Å²) in [5.74, 6) is -1.11. The van der Waals surface area contributed by atoms with Crippen LogP contribution in [0.5, 0.6) is 0 Å². The van der Waals surface area contributed by atoms with Gasteiger partial charge in [0.15, 0.2) is 0 Å². The molecule has 0 saturated carbocycles. The van der Waals surface area contributed by atoms with Crippen molar-refractivity contribution in [1.82, 2.24) is 9.29 Å². The SMILES string of the molecule is Cc1ccc(-c2cc(C(=O)O)c3cc(S(=O)(=O)N4CCCC4)ccc3n2)cc1C. The fourth-order valence-corrected chi connectivity index (χ4v) is 5.21. The molecule has 150 valence electrons. The molecule has 1 fully saturated rings. The normalized spacial score (nSPS) is 15.1. The van der Waals surface area contributed by atoms with Crippen LogP contribution < -0.4 is 0 Å². The Morgan fingerprint density at radius 3 is 2.38 bits per heavy atom. The highest BCUT2D eigenvalue weighted by Crippen LogP contribution is 2.29. The van der Waals surface area contributed by atoms with Crippen LogP contribution in [0.25, 0.3) is 22.2 Å². The smallest absolute Gasteiger partial charge is 0.336 e. The van der Waals surface area contributed by atoms with Crippen molar-refractivity contribution in [1.29, 1.82) is 0 Å². The predicted molar refractivity (Wildman–Crippen MR) is 112 cm³/mol. The van der Waals surface area contributed by atoms with E-state index in [-0.39, 0.29) is 10.5 Å². The van der Waals surface area contributed by atoms with Crippen molar-refractivity contribution in [2.75, 3.05) is 13.1 Å². The molecule has 6 nitrogen and oxygen atoms in total. The number of fused-ring (bicyclic) bond motifs is 1. The van der Waals surface area contributed by atoms with Crippen LogP contribution in [-0.2, 0) is 10.0 Å². The monoisotopic (exact) mass is 410 g/mol. The third-order valence-electron chi connectivity index (χ3n) is 5.52. The molecular formula is C22H22N2O4S. The average Bonchev–Trinajstić information content (AvgIpc) is 3.24. The molecule has 0 aliphatic carbocycles. The number of carbonyl (C=O) groups is 1. The van der Waals surface area contributed by atoms with Crippen LogP contribution in [0.3, 0.4) is 0 Å². The van der Waals surface area contributed by atoms with E-state index in [0.717, 1.165) is 29.5 Å². The summed E-state index contributed by atoms with van der Waals surface area (Å²) >= 11 is 0. The number of sulfonamides is 1. The number of rotatable bonds is 4. The number of hydrogen-bond acceptors (Lipinski definition) is 4. The highest BCUT2D eigenvalue weighted by atomic mass is 32.2. The fourth-order valence-electron chi connectivity index (χ4n) is 3.67. The second-order valence-corrected chi connectivity index (χ2v) is 9.39. The largest absolute Gasteiger partial charge is 0.478 e. The molecule has 2 aromatic carbocycles. The molecule has 2 heterocycles. The number of nitrogens with zero attached hydrogens (tertiary/aromatic N) is 2. The van der Waals surface area contributed by atoms with E-state index in [4.69, 9.17) is 0 Å². The number of pyridine rings is 1. The molecular weight excluding hydrogens is 388 g/mol. The predicted octanol–water partition coefficient (Wildman–Crippen LogP) is 4.00. The highest BCUT2D eigenvalue weighted by Gasteiger charge is 2.28. The minimum atomic E-state index is -3.63. The van der Waals surface area contributed by atoms with Crippen molar-refractivity contribution in [3.05, 3.63) is 59.2 Å². The number of hydrogen-bond donors (Lipinski definition) is 1. The number of aromatic nitrogens is 1. The molecule has 7 heteroatoms. The van der Waals surface area contributed by atoms with Gasteiger partial charge in [0.25, 0.3) is 0 Å². The standard InChI is InChI=1S/C22H22N2O4S/c1-14-5-6-16(11-15(14)2)21-13-19(22(25)26)18-12-17(7-8-20(18)23-21)29(27,28)24-9-3-4-10-24/h5-8,11-13H,3-4,9-10H2,1-2H3,(H,25,26). The molecule has 1 aromatic heterocycles. The van der Waals surface area contributed by atoms with Crippen molar-refractivity contribution in [3.63, 3.8) is 0 Å². The van der Waals surface area contributed by atoms with Crippen LogP contribution in [-0.4, -0.2) is 41.9 Å². The van der Waals surface area contributed by atoms with Gasteiger partial charge in [-0.2, -0.15) is 4.31 Å². The second kappa shape index (κ2) is 7.24. The van der Waals surface area contributed by atoms with Gasteiger partial charge in [-0.25, -0.2) is 18.2 Å². The molecule has 1 aliphatic heterocycles. The maximum Gasteiger partial charge on any atom is 0.336 e. The van der Waals surface area contributed by atoms with E-state index in [0.29, 0.717) is 29.7 Å². The summed E-state index contributed by atoms with van der Waals surface area (Å²) in [6.45, 7) is 5.00. The molecule has 0 amide bonds. The van der Waals surface area contributed by atoms with Crippen LogP contribution in [0.1, 0.15) is 34.3 Å². The fraction of sp³-hybridized carbons (Fsp3) is 0.273. The topological polar surface area (TPSA) is 87.6 Å². The first-order valence-corrected chi connectivity index (χ1v) is 11.0. The summed E-state index contributed by atoms with van der Waals surface area (Å²) in [5.41, 5.74) is 4.11. The molecule has 0 atom stereocenters. The maximum absolute atomic E-state index is 12.9. The summed E-state index contributed by atoms with van der Waals surface area (Å²) in [7, 11) is -3.63. The Hall–Kier alpha value is -2.77. The zero-order valence-electron chi connectivity index (χ0n) is 16.3. The van der Waals surface area contributed by atoms with Gasteiger partial charge in [-0.3, -0.25) is 0 Å². The molecule has 3 aromatic rings. The number of carboxylic acids is 1. The zero-order chi connectivity index (χ0) is 20.8. The van der Waals surface area contributed by atoms with Gasteiger partial charge < -0.3 is 5.11 Å². The first-order valence-electron chi connectivity index (χ1n) is 9.53. The van der Waals surface area contributed by atoms with E-state index in [1.165, 1.54) is 22.5 Å². The third kappa shape index (κ3) is 3.52. The molecule has 29 heavy (non-hydrogen) atoms. The Morgan fingerprint density at radius 1 is 1.00 bits per heavy atom. The summed E-state index contributed by atoms with van der Waals surface area (Å²) in [6.07, 6.45) is 1.68. The van der Waals surface area contributed by atoms with Gasteiger partial charge in [0, 0.05) is 24.0 Å². The number of carboxylic acid groups (broad SMARTS) is 1. The van der Waals surface area contributed by atoms with E-state index in [9.17, 15) is 18.3 Å². The van der Waals surface area contributed by atoms with Crippen LogP contribution in [0, 0.1) is 13.8 Å². The summed E-state index contributed by atoms with van der Waals surface area (Å²) in [4.78, 5) is 16.7. The van der Waals surface area contributed by atoms with Crippen molar-refractivity contribution in [2.45, 2.75) is 31.6 Å². The Balaban J connectivity index is 1.88. The van der Waals surface area contributed by atoms with Crippen LogP contribution in [0.4, 0.5) is 0 Å². The van der Waals surface area contributed by atoms with Crippen molar-refractivity contribution in [3.8, 4) is 11.3 Å². The first kappa shape index (κ1) is 19.5. The highest BCUT2D eigenvalue weighted by molar-refractivity contribution is 7.89. The van der Waals surface area contributed by atoms with Gasteiger partial charge in [-0.1, -0.05) is 12.1 Å². The van der Waals surface area contributed by atoms with E-state index in [2.05, 4.69) is 4.98 Å². The van der Waals surface area contributed by atoms with Crippen LogP contribution in [0.15, 0.2) is 47.4 Å². The Labute approximate surface area is 169 Å².